The average molecular weight is 278 g/mol. The first kappa shape index (κ1) is 15.4. The molecule has 2 N–H and O–H groups in total. The van der Waals surface area contributed by atoms with Crippen LogP contribution in [-0.2, 0) is 14.8 Å². The number of rotatable bonds is 7. The smallest absolute Gasteiger partial charge is 0.317 e. The van der Waals surface area contributed by atoms with Crippen molar-refractivity contribution in [3.63, 3.8) is 0 Å². The lowest BCUT2D eigenvalue weighted by Gasteiger charge is -2.31. The normalized spacial score (nSPS) is 21.9. The van der Waals surface area contributed by atoms with Crippen LogP contribution in [0.5, 0.6) is 0 Å². The fourth-order valence-electron chi connectivity index (χ4n) is 2.22. The van der Waals surface area contributed by atoms with Gasteiger partial charge in [-0.25, -0.2) is 12.7 Å². The van der Waals surface area contributed by atoms with Crippen molar-refractivity contribution in [3.05, 3.63) is 0 Å². The van der Waals surface area contributed by atoms with Crippen LogP contribution in [-0.4, -0.2) is 55.7 Å². The minimum atomic E-state index is -3.12. The highest BCUT2D eigenvalue weighted by Gasteiger charge is 2.27. The lowest BCUT2D eigenvalue weighted by molar-refractivity contribution is -0.136. The Kier molecular flexibility index (Phi) is 6.04. The first-order valence-electron chi connectivity index (χ1n) is 6.36. The van der Waals surface area contributed by atoms with Gasteiger partial charge in [-0.15, -0.1) is 0 Å². The van der Waals surface area contributed by atoms with Crippen molar-refractivity contribution in [2.45, 2.75) is 26.2 Å². The molecule has 0 bridgehead atoms. The standard InChI is InChI=1S/C11H22N2O4S/c1-2-6-18(16,17)13-5-3-4-10(9-13)7-12-8-11(14)15/h10,12H,2-9H2,1H3,(H,14,15). The lowest BCUT2D eigenvalue weighted by atomic mass is 10.00. The van der Waals surface area contributed by atoms with E-state index >= 15 is 0 Å². The molecular formula is C11H22N2O4S. The molecule has 1 rings (SSSR count). The van der Waals surface area contributed by atoms with Crippen LogP contribution < -0.4 is 5.32 Å². The Morgan fingerprint density at radius 1 is 1.50 bits per heavy atom. The number of hydrogen-bond acceptors (Lipinski definition) is 4. The molecule has 18 heavy (non-hydrogen) atoms. The summed E-state index contributed by atoms with van der Waals surface area (Å²) in [5.74, 6) is -0.478. The molecule has 0 aromatic carbocycles. The summed E-state index contributed by atoms with van der Waals surface area (Å²) < 4.78 is 25.4. The Morgan fingerprint density at radius 3 is 2.83 bits per heavy atom. The van der Waals surface area contributed by atoms with Crippen molar-refractivity contribution in [2.24, 2.45) is 5.92 Å². The molecule has 0 amide bonds. The van der Waals surface area contributed by atoms with E-state index in [2.05, 4.69) is 5.32 Å². The molecule has 6 nitrogen and oxygen atoms in total. The summed E-state index contributed by atoms with van der Waals surface area (Å²) in [6.07, 6.45) is 2.42. The second kappa shape index (κ2) is 7.06. The zero-order chi connectivity index (χ0) is 13.6. The largest absolute Gasteiger partial charge is 0.480 e. The van der Waals surface area contributed by atoms with Crippen molar-refractivity contribution in [1.29, 1.82) is 0 Å². The van der Waals surface area contributed by atoms with Gasteiger partial charge in [-0.3, -0.25) is 4.79 Å². The van der Waals surface area contributed by atoms with E-state index in [9.17, 15) is 13.2 Å². The van der Waals surface area contributed by atoms with E-state index in [0.29, 0.717) is 26.1 Å². The quantitative estimate of drug-likeness (QED) is 0.690. The van der Waals surface area contributed by atoms with E-state index in [1.807, 2.05) is 6.92 Å². The zero-order valence-electron chi connectivity index (χ0n) is 10.8. The van der Waals surface area contributed by atoms with E-state index < -0.39 is 16.0 Å². The number of nitrogens with zero attached hydrogens (tertiary/aromatic N) is 1. The van der Waals surface area contributed by atoms with Crippen molar-refractivity contribution >= 4 is 16.0 Å². The third kappa shape index (κ3) is 4.91. The monoisotopic (exact) mass is 278 g/mol. The summed E-state index contributed by atoms with van der Waals surface area (Å²) >= 11 is 0. The topological polar surface area (TPSA) is 86.7 Å². The van der Waals surface area contributed by atoms with E-state index in [1.165, 1.54) is 0 Å². The van der Waals surface area contributed by atoms with Gasteiger partial charge in [0, 0.05) is 13.1 Å². The molecule has 1 heterocycles. The van der Waals surface area contributed by atoms with Gasteiger partial charge in [-0.1, -0.05) is 6.92 Å². The SMILES string of the molecule is CCCS(=O)(=O)N1CCCC(CNCC(=O)O)C1. The molecule has 0 saturated carbocycles. The maximum atomic E-state index is 11.9. The Bertz CT molecular complexity index is 369. The van der Waals surface area contributed by atoms with Crippen LogP contribution in [0.1, 0.15) is 26.2 Å². The number of carbonyl (C=O) groups is 1. The highest BCUT2D eigenvalue weighted by atomic mass is 32.2. The van der Waals surface area contributed by atoms with Gasteiger partial charge in [0.15, 0.2) is 0 Å². The Morgan fingerprint density at radius 2 is 2.22 bits per heavy atom. The van der Waals surface area contributed by atoms with Gasteiger partial charge >= 0.3 is 5.97 Å². The number of sulfonamides is 1. The molecule has 1 atom stereocenters. The molecule has 0 aliphatic carbocycles. The molecule has 0 aromatic heterocycles. The molecule has 0 spiro atoms. The van der Waals surface area contributed by atoms with Crippen LogP contribution in [0.4, 0.5) is 0 Å². The van der Waals surface area contributed by atoms with E-state index in [4.69, 9.17) is 5.11 Å². The van der Waals surface area contributed by atoms with Gasteiger partial charge in [0.05, 0.1) is 12.3 Å². The maximum Gasteiger partial charge on any atom is 0.317 e. The highest BCUT2D eigenvalue weighted by Crippen LogP contribution is 2.19. The predicted molar refractivity (Wildman–Crippen MR) is 68.9 cm³/mol. The van der Waals surface area contributed by atoms with E-state index in [1.54, 1.807) is 4.31 Å². The average Bonchev–Trinajstić information content (AvgIpc) is 2.29. The fourth-order valence-corrected chi connectivity index (χ4v) is 3.84. The number of carboxylic acids is 1. The van der Waals surface area contributed by atoms with Gasteiger partial charge < -0.3 is 10.4 Å². The lowest BCUT2D eigenvalue weighted by Crippen LogP contribution is -2.44. The van der Waals surface area contributed by atoms with Crippen LogP contribution in [0.25, 0.3) is 0 Å². The van der Waals surface area contributed by atoms with Gasteiger partial charge in [0.1, 0.15) is 0 Å². The summed E-state index contributed by atoms with van der Waals surface area (Å²) in [6, 6.07) is 0. The van der Waals surface area contributed by atoms with Gasteiger partial charge in [0.25, 0.3) is 0 Å². The first-order valence-corrected chi connectivity index (χ1v) is 7.97. The molecule has 106 valence electrons. The second-order valence-electron chi connectivity index (χ2n) is 4.71. The predicted octanol–water partition coefficient (Wildman–Crippen LogP) is 0.112. The van der Waals surface area contributed by atoms with Crippen molar-refractivity contribution < 1.29 is 18.3 Å². The molecule has 1 unspecified atom stereocenters. The van der Waals surface area contributed by atoms with Crippen LogP contribution in [0.15, 0.2) is 0 Å². The molecule has 0 radical (unpaired) electrons. The Hall–Kier alpha value is -0.660. The minimum Gasteiger partial charge on any atom is -0.480 e. The summed E-state index contributed by atoms with van der Waals surface area (Å²) in [4.78, 5) is 10.4. The van der Waals surface area contributed by atoms with Gasteiger partial charge in [-0.05, 0) is 31.7 Å². The van der Waals surface area contributed by atoms with Crippen LogP contribution >= 0.6 is 0 Å². The summed E-state index contributed by atoms with van der Waals surface area (Å²) in [5, 5.41) is 11.4. The number of nitrogens with one attached hydrogen (secondary N) is 1. The highest BCUT2D eigenvalue weighted by molar-refractivity contribution is 7.89. The molecule has 1 aliphatic heterocycles. The molecule has 7 heteroatoms. The number of aliphatic carboxylic acids is 1. The number of piperidine rings is 1. The third-order valence-electron chi connectivity index (χ3n) is 3.05. The Balaban J connectivity index is 2.43. The number of hydrogen-bond donors (Lipinski definition) is 2. The van der Waals surface area contributed by atoms with Crippen LogP contribution in [0.3, 0.4) is 0 Å². The van der Waals surface area contributed by atoms with Crippen molar-refractivity contribution in [1.82, 2.24) is 9.62 Å². The van der Waals surface area contributed by atoms with E-state index in [-0.39, 0.29) is 18.2 Å². The van der Waals surface area contributed by atoms with Crippen molar-refractivity contribution in [3.8, 4) is 0 Å². The fraction of sp³-hybridized carbons (Fsp3) is 0.909. The summed E-state index contributed by atoms with van der Waals surface area (Å²) in [6.45, 7) is 3.45. The van der Waals surface area contributed by atoms with Crippen molar-refractivity contribution in [2.75, 3.05) is 31.9 Å². The molecular weight excluding hydrogens is 256 g/mol. The van der Waals surface area contributed by atoms with Gasteiger partial charge in [-0.2, -0.15) is 0 Å². The minimum absolute atomic E-state index is 0.0712. The maximum absolute atomic E-state index is 11.9. The van der Waals surface area contributed by atoms with Crippen LogP contribution in [0, 0.1) is 5.92 Å². The second-order valence-corrected chi connectivity index (χ2v) is 6.80. The van der Waals surface area contributed by atoms with Crippen LogP contribution in [0.2, 0.25) is 0 Å². The molecule has 1 aliphatic rings. The summed E-state index contributed by atoms with van der Waals surface area (Å²) in [5.41, 5.74) is 0. The molecule has 1 saturated heterocycles. The van der Waals surface area contributed by atoms with Gasteiger partial charge in [0.2, 0.25) is 10.0 Å². The molecule has 0 aromatic rings. The third-order valence-corrected chi connectivity index (χ3v) is 5.09. The first-order chi connectivity index (χ1) is 8.45. The number of carboxylic acid groups (broad SMARTS) is 1. The Labute approximate surface area is 108 Å². The summed E-state index contributed by atoms with van der Waals surface area (Å²) in [7, 11) is -3.12. The zero-order valence-corrected chi connectivity index (χ0v) is 11.6. The van der Waals surface area contributed by atoms with E-state index in [0.717, 1.165) is 12.8 Å². The molecule has 1 fully saturated rings.